The summed E-state index contributed by atoms with van der Waals surface area (Å²) in [7, 11) is -4.10. The zero-order valence-corrected chi connectivity index (χ0v) is 10.0. The highest BCUT2D eigenvalue weighted by Gasteiger charge is 2.22. The van der Waals surface area contributed by atoms with E-state index in [1.807, 2.05) is 4.72 Å². The van der Waals surface area contributed by atoms with E-state index in [0.717, 1.165) is 25.1 Å². The number of nitrogens with zero attached hydrogens (tertiary/aromatic N) is 1. The SMILES string of the molecule is C[C@@H](NS(=O)(=O)c1ccc(F)c(C#N)c1)C(=O)O. The van der Waals surface area contributed by atoms with Crippen LogP contribution in [0.3, 0.4) is 0 Å². The first-order chi connectivity index (χ1) is 8.27. The van der Waals surface area contributed by atoms with Gasteiger partial charge in [-0.3, -0.25) is 4.79 Å². The number of benzene rings is 1. The normalized spacial score (nSPS) is 12.7. The Morgan fingerprint density at radius 1 is 1.56 bits per heavy atom. The highest BCUT2D eigenvalue weighted by Crippen LogP contribution is 2.14. The second-order valence-corrected chi connectivity index (χ2v) is 5.15. The standard InChI is InChI=1S/C10H9FN2O4S/c1-6(10(14)15)13-18(16,17)8-2-3-9(11)7(4-8)5-12/h2-4,6,13H,1H3,(H,14,15)/t6-/m1/s1. The number of hydrogen-bond acceptors (Lipinski definition) is 4. The van der Waals surface area contributed by atoms with Crippen molar-refractivity contribution < 1.29 is 22.7 Å². The second kappa shape index (κ2) is 5.12. The maximum atomic E-state index is 13.0. The van der Waals surface area contributed by atoms with Gasteiger partial charge >= 0.3 is 5.97 Å². The van der Waals surface area contributed by atoms with E-state index < -0.39 is 33.4 Å². The van der Waals surface area contributed by atoms with E-state index in [1.165, 1.54) is 6.07 Å². The molecule has 96 valence electrons. The average Bonchev–Trinajstić information content (AvgIpc) is 2.28. The summed E-state index contributed by atoms with van der Waals surface area (Å²) < 4.78 is 38.3. The van der Waals surface area contributed by atoms with Crippen LogP contribution in [0.25, 0.3) is 0 Å². The fraction of sp³-hybridized carbons (Fsp3) is 0.200. The number of halogens is 1. The molecule has 0 aliphatic carbocycles. The minimum Gasteiger partial charge on any atom is -0.480 e. The summed E-state index contributed by atoms with van der Waals surface area (Å²) >= 11 is 0. The first-order valence-corrected chi connectivity index (χ1v) is 6.21. The summed E-state index contributed by atoms with van der Waals surface area (Å²) in [6.07, 6.45) is 0. The van der Waals surface area contributed by atoms with Gasteiger partial charge in [-0.1, -0.05) is 0 Å². The van der Waals surface area contributed by atoms with Crippen LogP contribution in [0.5, 0.6) is 0 Å². The first kappa shape index (κ1) is 14.1. The van der Waals surface area contributed by atoms with Gasteiger partial charge in [-0.2, -0.15) is 9.98 Å². The van der Waals surface area contributed by atoms with Crippen LogP contribution in [0.4, 0.5) is 4.39 Å². The van der Waals surface area contributed by atoms with Gasteiger partial charge < -0.3 is 5.11 Å². The number of nitriles is 1. The van der Waals surface area contributed by atoms with E-state index in [2.05, 4.69) is 0 Å². The monoisotopic (exact) mass is 272 g/mol. The zero-order chi connectivity index (χ0) is 13.9. The minimum absolute atomic E-state index is 0.367. The number of carbonyl (C=O) groups is 1. The molecule has 1 atom stereocenters. The number of rotatable bonds is 4. The first-order valence-electron chi connectivity index (χ1n) is 4.72. The molecule has 0 heterocycles. The summed E-state index contributed by atoms with van der Waals surface area (Å²) in [5.74, 6) is -2.19. The molecule has 0 saturated carbocycles. The van der Waals surface area contributed by atoms with Gasteiger partial charge in [0, 0.05) is 0 Å². The summed E-state index contributed by atoms with van der Waals surface area (Å²) in [6.45, 7) is 1.15. The molecule has 0 amide bonds. The molecule has 1 aromatic rings. The molecule has 0 aliphatic heterocycles. The molecule has 1 rings (SSSR count). The third-order valence-corrected chi connectivity index (χ3v) is 3.61. The van der Waals surface area contributed by atoms with Crippen molar-refractivity contribution >= 4 is 16.0 Å². The quantitative estimate of drug-likeness (QED) is 0.827. The maximum Gasteiger partial charge on any atom is 0.321 e. The van der Waals surface area contributed by atoms with Crippen LogP contribution in [0, 0.1) is 17.1 Å². The van der Waals surface area contributed by atoms with E-state index >= 15 is 0 Å². The van der Waals surface area contributed by atoms with Crippen LogP contribution >= 0.6 is 0 Å². The maximum absolute atomic E-state index is 13.0. The van der Waals surface area contributed by atoms with Crippen molar-refractivity contribution in [3.63, 3.8) is 0 Å². The van der Waals surface area contributed by atoms with Crippen LogP contribution in [0.15, 0.2) is 23.1 Å². The largest absolute Gasteiger partial charge is 0.480 e. The number of aliphatic carboxylic acids is 1. The molecule has 0 fully saturated rings. The lowest BCUT2D eigenvalue weighted by molar-refractivity contribution is -0.138. The van der Waals surface area contributed by atoms with E-state index in [9.17, 15) is 17.6 Å². The smallest absolute Gasteiger partial charge is 0.321 e. The molecular weight excluding hydrogens is 263 g/mol. The van der Waals surface area contributed by atoms with Crippen LogP contribution < -0.4 is 4.72 Å². The summed E-state index contributed by atoms with van der Waals surface area (Å²) in [4.78, 5) is 10.2. The molecule has 0 spiro atoms. The molecule has 8 heteroatoms. The highest BCUT2D eigenvalue weighted by molar-refractivity contribution is 7.89. The molecule has 1 aromatic carbocycles. The topological polar surface area (TPSA) is 107 Å². The van der Waals surface area contributed by atoms with Gasteiger partial charge in [0.25, 0.3) is 0 Å². The van der Waals surface area contributed by atoms with Crippen LogP contribution in [0.2, 0.25) is 0 Å². The Kier molecular flexibility index (Phi) is 4.00. The average molecular weight is 272 g/mol. The van der Waals surface area contributed by atoms with Gasteiger partial charge in [0.1, 0.15) is 17.9 Å². The van der Waals surface area contributed by atoms with E-state index in [4.69, 9.17) is 10.4 Å². The number of hydrogen-bond donors (Lipinski definition) is 2. The Bertz CT molecular complexity index is 621. The molecule has 0 radical (unpaired) electrons. The molecule has 0 saturated heterocycles. The van der Waals surface area contributed by atoms with Crippen molar-refractivity contribution in [2.75, 3.05) is 0 Å². The lowest BCUT2D eigenvalue weighted by atomic mass is 10.2. The Morgan fingerprint density at radius 3 is 2.67 bits per heavy atom. The molecule has 6 nitrogen and oxygen atoms in total. The number of nitrogens with one attached hydrogen (secondary N) is 1. The molecule has 0 unspecified atom stereocenters. The third kappa shape index (κ3) is 3.03. The van der Waals surface area contributed by atoms with Crippen molar-refractivity contribution in [3.8, 4) is 6.07 Å². The minimum atomic E-state index is -4.10. The lowest BCUT2D eigenvalue weighted by Crippen LogP contribution is -2.38. The van der Waals surface area contributed by atoms with E-state index in [1.54, 1.807) is 0 Å². The van der Waals surface area contributed by atoms with Crippen LogP contribution in [-0.4, -0.2) is 25.5 Å². The third-order valence-electron chi connectivity index (χ3n) is 2.07. The lowest BCUT2D eigenvalue weighted by Gasteiger charge is -2.10. The summed E-state index contributed by atoms with van der Waals surface area (Å²) in [6, 6.07) is 2.79. The molecule has 0 aromatic heterocycles. The van der Waals surface area contributed by atoms with Gasteiger partial charge in [-0.15, -0.1) is 0 Å². The highest BCUT2D eigenvalue weighted by atomic mass is 32.2. The van der Waals surface area contributed by atoms with Gasteiger partial charge in [0.15, 0.2) is 0 Å². The Morgan fingerprint density at radius 2 is 2.17 bits per heavy atom. The van der Waals surface area contributed by atoms with Crippen molar-refractivity contribution in [1.29, 1.82) is 5.26 Å². The summed E-state index contributed by atoms with van der Waals surface area (Å²) in [5, 5.41) is 17.2. The predicted octanol–water partition coefficient (Wildman–Crippen LogP) is 0.449. The van der Waals surface area contributed by atoms with Crippen molar-refractivity contribution in [2.45, 2.75) is 17.9 Å². The number of sulfonamides is 1. The molecule has 0 aliphatic rings. The van der Waals surface area contributed by atoms with Gasteiger partial charge in [-0.05, 0) is 25.1 Å². The van der Waals surface area contributed by atoms with E-state index in [0.29, 0.717) is 0 Å². The number of carboxylic acids is 1. The molecular formula is C10H9FN2O4S. The van der Waals surface area contributed by atoms with Gasteiger partial charge in [0.2, 0.25) is 10.0 Å². The summed E-state index contributed by atoms with van der Waals surface area (Å²) in [5.41, 5.74) is -0.430. The molecule has 18 heavy (non-hydrogen) atoms. The number of carboxylic acid groups (broad SMARTS) is 1. The predicted molar refractivity (Wildman–Crippen MR) is 58.5 cm³/mol. The van der Waals surface area contributed by atoms with E-state index in [-0.39, 0.29) is 4.90 Å². The fourth-order valence-electron chi connectivity index (χ4n) is 1.11. The van der Waals surface area contributed by atoms with Crippen molar-refractivity contribution in [1.82, 2.24) is 4.72 Å². The molecule has 0 bridgehead atoms. The second-order valence-electron chi connectivity index (χ2n) is 3.43. The molecule has 2 N–H and O–H groups in total. The van der Waals surface area contributed by atoms with Gasteiger partial charge in [-0.25, -0.2) is 12.8 Å². The zero-order valence-electron chi connectivity index (χ0n) is 9.21. The van der Waals surface area contributed by atoms with Crippen molar-refractivity contribution in [2.24, 2.45) is 0 Å². The Balaban J connectivity index is 3.14. The Labute approximate surface area is 103 Å². The Hall–Kier alpha value is -1.98. The van der Waals surface area contributed by atoms with Gasteiger partial charge in [0.05, 0.1) is 10.5 Å². The van der Waals surface area contributed by atoms with Crippen molar-refractivity contribution in [3.05, 3.63) is 29.6 Å². The fourth-order valence-corrected chi connectivity index (χ4v) is 2.33. The van der Waals surface area contributed by atoms with Crippen LogP contribution in [-0.2, 0) is 14.8 Å². The van der Waals surface area contributed by atoms with Crippen LogP contribution in [0.1, 0.15) is 12.5 Å².